The van der Waals surface area contributed by atoms with Gasteiger partial charge in [-0.25, -0.2) is 9.97 Å². The van der Waals surface area contributed by atoms with Gasteiger partial charge in [-0.05, 0) is 5.92 Å². The number of aliphatic hydroxyl groups is 1. The largest absolute Gasteiger partial charge is 0.483 e. The second-order valence-electron chi connectivity index (χ2n) is 6.23. The highest BCUT2D eigenvalue weighted by Gasteiger charge is 2.48. The van der Waals surface area contributed by atoms with Gasteiger partial charge in [0, 0.05) is 17.8 Å². The first-order valence-corrected chi connectivity index (χ1v) is 8.92. The van der Waals surface area contributed by atoms with Gasteiger partial charge in [-0.1, -0.05) is 13.8 Å². The van der Waals surface area contributed by atoms with Crippen molar-refractivity contribution in [1.29, 1.82) is 0 Å². The Bertz CT molecular complexity index is 716. The van der Waals surface area contributed by atoms with Crippen LogP contribution in [0.25, 0.3) is 10.8 Å². The van der Waals surface area contributed by atoms with E-state index in [2.05, 4.69) is 33.8 Å². The molecule has 0 unspecified atom stereocenters. The molecule has 0 radical (unpaired) electrons. The molecule has 8 nitrogen and oxygen atoms in total. The number of aromatic nitrogens is 3. The topological polar surface area (TPSA) is 107 Å². The van der Waals surface area contributed by atoms with E-state index in [1.807, 2.05) is 6.20 Å². The smallest absolute Gasteiger partial charge is 0.290 e. The van der Waals surface area contributed by atoms with E-state index in [1.54, 1.807) is 17.5 Å². The van der Waals surface area contributed by atoms with Gasteiger partial charge in [-0.15, -0.1) is 11.3 Å². The number of hydrogen-bond acceptors (Lipinski definition) is 7. The SMILES string of the molecule is CC(C)c1csc(-c2nccn2[C@H]2CO[C@H]3[C@@H]2OC[C@H]3O)n1.O=CO. The molecule has 0 amide bonds. The molecule has 9 heteroatoms. The summed E-state index contributed by atoms with van der Waals surface area (Å²) in [5, 5.41) is 19.8. The van der Waals surface area contributed by atoms with Crippen molar-refractivity contribution in [3.63, 3.8) is 0 Å². The van der Waals surface area contributed by atoms with E-state index in [1.165, 1.54) is 0 Å². The number of hydrogen-bond donors (Lipinski definition) is 2. The van der Waals surface area contributed by atoms with Crippen LogP contribution in [0.4, 0.5) is 0 Å². The third-order valence-electron chi connectivity index (χ3n) is 4.33. The maximum absolute atomic E-state index is 9.88. The molecule has 2 fully saturated rings. The molecule has 4 atom stereocenters. The van der Waals surface area contributed by atoms with Gasteiger partial charge in [0.05, 0.1) is 24.9 Å². The Morgan fingerprint density at radius 2 is 2.08 bits per heavy atom. The molecule has 0 saturated carbocycles. The molecule has 2 aromatic heterocycles. The number of fused-ring (bicyclic) bond motifs is 1. The highest BCUT2D eigenvalue weighted by atomic mass is 32.1. The van der Waals surface area contributed by atoms with Gasteiger partial charge < -0.3 is 24.3 Å². The molecule has 2 aliphatic rings. The van der Waals surface area contributed by atoms with Crippen molar-refractivity contribution in [2.24, 2.45) is 0 Å². The average molecular weight is 367 g/mol. The van der Waals surface area contributed by atoms with Crippen molar-refractivity contribution < 1.29 is 24.5 Å². The summed E-state index contributed by atoms with van der Waals surface area (Å²) in [5.41, 5.74) is 1.09. The van der Waals surface area contributed by atoms with Gasteiger partial charge in [0.2, 0.25) is 0 Å². The molecule has 136 valence electrons. The summed E-state index contributed by atoms with van der Waals surface area (Å²) < 4.78 is 13.5. The van der Waals surface area contributed by atoms with Crippen LogP contribution in [-0.2, 0) is 14.3 Å². The maximum Gasteiger partial charge on any atom is 0.290 e. The lowest BCUT2D eigenvalue weighted by Gasteiger charge is -2.18. The number of aliphatic hydroxyl groups excluding tert-OH is 1. The van der Waals surface area contributed by atoms with Crippen LogP contribution >= 0.6 is 11.3 Å². The molecule has 0 spiro atoms. The predicted octanol–water partition coefficient (Wildman–Crippen LogP) is 1.53. The number of thiazole rings is 1. The van der Waals surface area contributed by atoms with Crippen LogP contribution in [0.15, 0.2) is 17.8 Å². The van der Waals surface area contributed by atoms with Crippen LogP contribution in [0.5, 0.6) is 0 Å². The Morgan fingerprint density at radius 1 is 1.36 bits per heavy atom. The number of nitrogens with zero attached hydrogens (tertiary/aromatic N) is 3. The van der Waals surface area contributed by atoms with Crippen LogP contribution in [0.1, 0.15) is 31.5 Å². The fourth-order valence-corrected chi connectivity index (χ4v) is 4.08. The van der Waals surface area contributed by atoms with E-state index in [9.17, 15) is 5.11 Å². The van der Waals surface area contributed by atoms with Crippen molar-refractivity contribution >= 4 is 17.8 Å². The first-order chi connectivity index (χ1) is 12.1. The molecule has 0 aliphatic carbocycles. The molecule has 0 aromatic carbocycles. The summed E-state index contributed by atoms with van der Waals surface area (Å²) in [6, 6.07) is 0.0334. The second kappa shape index (κ2) is 7.61. The van der Waals surface area contributed by atoms with Gasteiger partial charge >= 0.3 is 0 Å². The summed E-state index contributed by atoms with van der Waals surface area (Å²) in [6.07, 6.45) is 2.84. The zero-order valence-corrected chi connectivity index (χ0v) is 14.8. The van der Waals surface area contributed by atoms with E-state index >= 15 is 0 Å². The summed E-state index contributed by atoms with van der Waals surface area (Å²) in [5.74, 6) is 1.25. The van der Waals surface area contributed by atoms with E-state index in [-0.39, 0.29) is 24.7 Å². The van der Waals surface area contributed by atoms with E-state index in [0.29, 0.717) is 19.1 Å². The standard InChI is InChI=1S/C15H19N3O3S.CH2O2/c1-8(2)9-7-22-15(17-9)14-16-3-4-18(14)10-5-20-13-11(19)6-21-12(10)13;2-1-3/h3-4,7-8,10-13,19H,5-6H2,1-2H3;1H,(H,2,3)/t10-,11+,12+,13+;/m0./s1. The normalized spacial score (nSPS) is 27.8. The third kappa shape index (κ3) is 3.45. The molecular weight excluding hydrogens is 346 g/mol. The Hall–Kier alpha value is -1.81. The number of carbonyl (C=O) groups is 1. The van der Waals surface area contributed by atoms with Crippen LogP contribution in [0, 0.1) is 0 Å². The summed E-state index contributed by atoms with van der Waals surface area (Å²) >= 11 is 1.61. The maximum atomic E-state index is 9.88. The quantitative estimate of drug-likeness (QED) is 0.792. The van der Waals surface area contributed by atoms with Crippen molar-refractivity contribution in [3.8, 4) is 10.8 Å². The van der Waals surface area contributed by atoms with Crippen molar-refractivity contribution in [2.75, 3.05) is 13.2 Å². The van der Waals surface area contributed by atoms with Crippen LogP contribution in [0.2, 0.25) is 0 Å². The second-order valence-corrected chi connectivity index (χ2v) is 7.08. The number of ether oxygens (including phenoxy) is 2. The highest BCUT2D eigenvalue weighted by molar-refractivity contribution is 7.13. The first-order valence-electron chi connectivity index (χ1n) is 8.04. The van der Waals surface area contributed by atoms with Crippen LogP contribution in [0.3, 0.4) is 0 Å². The van der Waals surface area contributed by atoms with Crippen LogP contribution < -0.4 is 0 Å². The van der Waals surface area contributed by atoms with E-state index in [0.717, 1.165) is 16.5 Å². The Labute approximate surface area is 149 Å². The lowest BCUT2D eigenvalue weighted by Crippen LogP contribution is -2.30. The zero-order chi connectivity index (χ0) is 18.0. The van der Waals surface area contributed by atoms with Gasteiger partial charge in [-0.3, -0.25) is 4.79 Å². The minimum atomic E-state index is -0.533. The predicted molar refractivity (Wildman–Crippen MR) is 90.6 cm³/mol. The van der Waals surface area contributed by atoms with Crippen molar-refractivity contribution in [2.45, 2.75) is 44.1 Å². The summed E-state index contributed by atoms with van der Waals surface area (Å²) in [6.45, 7) is 4.88. The zero-order valence-electron chi connectivity index (χ0n) is 14.0. The number of rotatable bonds is 3. The molecule has 2 saturated heterocycles. The summed E-state index contributed by atoms with van der Waals surface area (Å²) in [7, 11) is 0. The minimum absolute atomic E-state index is 0.0334. The minimum Gasteiger partial charge on any atom is -0.483 e. The molecular formula is C16H21N3O5S. The van der Waals surface area contributed by atoms with E-state index in [4.69, 9.17) is 19.4 Å². The molecule has 2 N–H and O–H groups in total. The Morgan fingerprint density at radius 3 is 2.76 bits per heavy atom. The van der Waals surface area contributed by atoms with Gasteiger partial charge in [0.15, 0.2) is 10.8 Å². The molecule has 0 bridgehead atoms. The Kier molecular flexibility index (Phi) is 5.48. The van der Waals surface area contributed by atoms with Gasteiger partial charge in [0.25, 0.3) is 6.47 Å². The van der Waals surface area contributed by atoms with Crippen molar-refractivity contribution in [3.05, 3.63) is 23.5 Å². The lowest BCUT2D eigenvalue weighted by atomic mass is 10.1. The monoisotopic (exact) mass is 367 g/mol. The molecule has 4 heterocycles. The fraction of sp³-hybridized carbons (Fsp3) is 0.562. The van der Waals surface area contributed by atoms with E-state index < -0.39 is 6.10 Å². The van der Waals surface area contributed by atoms with Gasteiger partial charge in [0.1, 0.15) is 18.3 Å². The molecule has 2 aliphatic heterocycles. The third-order valence-corrected chi connectivity index (χ3v) is 5.19. The highest BCUT2D eigenvalue weighted by Crippen LogP contribution is 2.37. The summed E-state index contributed by atoms with van der Waals surface area (Å²) in [4.78, 5) is 17.5. The fourth-order valence-electron chi connectivity index (χ4n) is 3.10. The molecule has 25 heavy (non-hydrogen) atoms. The van der Waals surface area contributed by atoms with Crippen LogP contribution in [-0.4, -0.2) is 62.7 Å². The molecule has 2 aromatic rings. The number of carboxylic acid groups (broad SMARTS) is 1. The molecule has 4 rings (SSSR count). The average Bonchev–Trinajstić information content (AvgIpc) is 3.33. The first kappa shape index (κ1) is 18.0. The Balaban J connectivity index is 0.000000569. The van der Waals surface area contributed by atoms with Gasteiger partial charge in [-0.2, -0.15) is 0 Å². The number of imidazole rings is 1. The lowest BCUT2D eigenvalue weighted by molar-refractivity contribution is -0.122. The van der Waals surface area contributed by atoms with Crippen molar-refractivity contribution in [1.82, 2.24) is 14.5 Å².